The minimum Gasteiger partial charge on any atom is -0.481 e. The Labute approximate surface area is 179 Å². The summed E-state index contributed by atoms with van der Waals surface area (Å²) in [6.45, 7) is 2.02. The number of hydrogen-bond acceptors (Lipinski definition) is 3. The molecule has 0 amide bonds. The first kappa shape index (κ1) is 20.6. The molecular formula is C26H23NO4. The van der Waals surface area contributed by atoms with Crippen LogP contribution in [-0.4, -0.2) is 32.5 Å². The Morgan fingerprint density at radius 3 is 2.48 bits per heavy atom. The number of carboxylic acid groups (broad SMARTS) is 1. The minimum atomic E-state index is -1.19. The second kappa shape index (κ2) is 8.58. The molecule has 2 N–H and O–H groups in total. The van der Waals surface area contributed by atoms with Gasteiger partial charge in [-0.3, -0.25) is 9.59 Å². The zero-order chi connectivity index (χ0) is 22.0. The first-order valence-electron chi connectivity index (χ1n) is 10.1. The fourth-order valence-corrected chi connectivity index (χ4v) is 4.04. The number of aromatic nitrogens is 1. The highest BCUT2D eigenvalue weighted by Crippen LogP contribution is 2.37. The van der Waals surface area contributed by atoms with Crippen molar-refractivity contribution in [3.05, 3.63) is 84.2 Å². The largest absolute Gasteiger partial charge is 0.481 e. The summed E-state index contributed by atoms with van der Waals surface area (Å²) in [7, 11) is 0. The summed E-state index contributed by atoms with van der Waals surface area (Å²) < 4.78 is 2.15. The van der Waals surface area contributed by atoms with Crippen LogP contribution < -0.4 is 0 Å². The molecule has 156 valence electrons. The zero-order valence-electron chi connectivity index (χ0n) is 17.2. The molecule has 0 fully saturated rings. The third-order valence-electron chi connectivity index (χ3n) is 5.45. The number of rotatable bonds is 7. The molecule has 0 aliphatic rings. The van der Waals surface area contributed by atoms with E-state index in [9.17, 15) is 14.7 Å². The SMILES string of the molecule is Cc1c(/C=C/C(O)CC(=O)CC(=O)O)c(-c2ccccc2)c2c3ccccc3ccn12. The van der Waals surface area contributed by atoms with Gasteiger partial charge in [-0.15, -0.1) is 0 Å². The number of aryl methyl sites for hydroxylation is 1. The van der Waals surface area contributed by atoms with Crippen molar-refractivity contribution < 1.29 is 19.8 Å². The van der Waals surface area contributed by atoms with Gasteiger partial charge in [0.1, 0.15) is 12.2 Å². The van der Waals surface area contributed by atoms with Crippen molar-refractivity contribution in [3.63, 3.8) is 0 Å². The van der Waals surface area contributed by atoms with Crippen molar-refractivity contribution in [2.75, 3.05) is 0 Å². The van der Waals surface area contributed by atoms with Gasteiger partial charge in [0, 0.05) is 34.8 Å². The van der Waals surface area contributed by atoms with Crippen LogP contribution >= 0.6 is 0 Å². The molecule has 0 aliphatic carbocycles. The average Bonchev–Trinajstić information content (AvgIpc) is 3.04. The predicted octanol–water partition coefficient (Wildman–Crippen LogP) is 4.88. The third-order valence-corrected chi connectivity index (χ3v) is 5.45. The van der Waals surface area contributed by atoms with E-state index in [1.54, 1.807) is 6.08 Å². The van der Waals surface area contributed by atoms with Crippen molar-refractivity contribution in [3.8, 4) is 11.1 Å². The molecule has 2 heterocycles. The molecule has 4 aromatic rings. The Bertz CT molecular complexity index is 1300. The van der Waals surface area contributed by atoms with Gasteiger partial charge in [-0.05, 0) is 23.9 Å². The lowest BCUT2D eigenvalue weighted by molar-refractivity contribution is -0.140. The number of carboxylic acids is 1. The van der Waals surface area contributed by atoms with Gasteiger partial charge >= 0.3 is 5.97 Å². The first-order valence-corrected chi connectivity index (χ1v) is 10.1. The Morgan fingerprint density at radius 1 is 1.03 bits per heavy atom. The van der Waals surface area contributed by atoms with E-state index >= 15 is 0 Å². The highest BCUT2D eigenvalue weighted by molar-refractivity contribution is 6.06. The molecule has 5 nitrogen and oxygen atoms in total. The Kier molecular flexibility index (Phi) is 5.69. The molecule has 0 saturated carbocycles. The third kappa shape index (κ3) is 4.13. The standard InChI is InChI=1S/C26H23NO4/c1-17-22(12-11-20(28)15-21(29)16-24(30)31)25(19-8-3-2-4-9-19)26-23-10-6-5-7-18(23)13-14-27(17)26/h2-14,20,28H,15-16H2,1H3,(H,30,31)/b12-11+. The Morgan fingerprint density at radius 2 is 1.74 bits per heavy atom. The van der Waals surface area contributed by atoms with E-state index in [1.165, 1.54) is 0 Å². The van der Waals surface area contributed by atoms with Crippen LogP contribution in [0.4, 0.5) is 0 Å². The number of Topliss-reactive ketones (excluding diaryl/α,β-unsaturated/α-hetero) is 1. The molecule has 0 spiro atoms. The molecule has 5 heteroatoms. The lowest BCUT2D eigenvalue weighted by Gasteiger charge is -2.07. The van der Waals surface area contributed by atoms with Gasteiger partial charge in [-0.1, -0.05) is 66.7 Å². The quantitative estimate of drug-likeness (QED) is 0.424. The maximum absolute atomic E-state index is 11.7. The number of ketones is 1. The van der Waals surface area contributed by atoms with Crippen LogP contribution in [0.1, 0.15) is 24.1 Å². The monoisotopic (exact) mass is 413 g/mol. The van der Waals surface area contributed by atoms with Crippen molar-refractivity contribution in [2.45, 2.75) is 25.9 Å². The van der Waals surface area contributed by atoms with Gasteiger partial charge < -0.3 is 14.6 Å². The van der Waals surface area contributed by atoms with Crippen LogP contribution in [0.25, 0.3) is 33.5 Å². The number of aliphatic hydroxyl groups excluding tert-OH is 1. The summed E-state index contributed by atoms with van der Waals surface area (Å²) in [5, 5.41) is 21.3. The zero-order valence-corrected chi connectivity index (χ0v) is 17.2. The van der Waals surface area contributed by atoms with Gasteiger partial charge in [0.05, 0.1) is 11.6 Å². The molecule has 1 unspecified atom stereocenters. The molecule has 1 atom stereocenters. The predicted molar refractivity (Wildman–Crippen MR) is 122 cm³/mol. The highest BCUT2D eigenvalue weighted by Gasteiger charge is 2.18. The molecule has 2 aromatic heterocycles. The summed E-state index contributed by atoms with van der Waals surface area (Å²) in [6, 6.07) is 20.4. The Hall–Kier alpha value is -3.70. The fraction of sp³-hybridized carbons (Fsp3) is 0.154. The normalized spacial score (nSPS) is 12.6. The van der Waals surface area contributed by atoms with Crippen molar-refractivity contribution in [1.29, 1.82) is 0 Å². The lowest BCUT2D eigenvalue weighted by atomic mass is 9.98. The van der Waals surface area contributed by atoms with Crippen LogP contribution in [0, 0.1) is 6.92 Å². The van der Waals surface area contributed by atoms with Crippen LogP contribution in [-0.2, 0) is 9.59 Å². The van der Waals surface area contributed by atoms with Crippen LogP contribution in [0.3, 0.4) is 0 Å². The smallest absolute Gasteiger partial charge is 0.310 e. The topological polar surface area (TPSA) is 79.0 Å². The maximum Gasteiger partial charge on any atom is 0.310 e. The number of carbonyl (C=O) groups is 2. The van der Waals surface area contributed by atoms with Gasteiger partial charge in [-0.2, -0.15) is 0 Å². The van der Waals surface area contributed by atoms with Crippen LogP contribution in [0.5, 0.6) is 0 Å². The summed E-state index contributed by atoms with van der Waals surface area (Å²) in [5.41, 5.74) is 5.15. The summed E-state index contributed by atoms with van der Waals surface area (Å²) in [4.78, 5) is 22.4. The first-order chi connectivity index (χ1) is 15.0. The van der Waals surface area contributed by atoms with Crippen molar-refractivity contribution >= 4 is 34.1 Å². The summed E-state index contributed by atoms with van der Waals surface area (Å²) >= 11 is 0. The van der Waals surface area contributed by atoms with Crippen LogP contribution in [0.15, 0.2) is 72.9 Å². The molecule has 0 aliphatic heterocycles. The van der Waals surface area contributed by atoms with E-state index in [-0.39, 0.29) is 6.42 Å². The molecule has 0 saturated heterocycles. The van der Waals surface area contributed by atoms with Gasteiger partial charge in [-0.25, -0.2) is 0 Å². The molecule has 31 heavy (non-hydrogen) atoms. The highest BCUT2D eigenvalue weighted by atomic mass is 16.4. The number of fused-ring (bicyclic) bond motifs is 3. The second-order valence-corrected chi connectivity index (χ2v) is 7.60. The molecule has 2 aromatic carbocycles. The number of hydrogen-bond donors (Lipinski definition) is 2. The minimum absolute atomic E-state index is 0.223. The number of aliphatic hydroxyl groups is 1. The molecule has 4 rings (SSSR count). The summed E-state index contributed by atoms with van der Waals surface area (Å²) in [5.74, 6) is -1.69. The van der Waals surface area contributed by atoms with Crippen molar-refractivity contribution in [2.24, 2.45) is 0 Å². The summed E-state index contributed by atoms with van der Waals surface area (Å²) in [6.07, 6.45) is 3.59. The lowest BCUT2D eigenvalue weighted by Crippen LogP contribution is -2.14. The van der Waals surface area contributed by atoms with Crippen LogP contribution in [0.2, 0.25) is 0 Å². The molecule has 0 radical (unpaired) electrons. The van der Waals surface area contributed by atoms with Gasteiger partial charge in [0.15, 0.2) is 0 Å². The van der Waals surface area contributed by atoms with E-state index in [0.29, 0.717) is 0 Å². The fourth-order valence-electron chi connectivity index (χ4n) is 4.04. The molecule has 0 bridgehead atoms. The van der Waals surface area contributed by atoms with E-state index in [0.717, 1.165) is 38.7 Å². The second-order valence-electron chi connectivity index (χ2n) is 7.60. The van der Waals surface area contributed by atoms with E-state index in [1.807, 2.05) is 49.5 Å². The number of pyridine rings is 1. The Balaban J connectivity index is 1.85. The van der Waals surface area contributed by atoms with E-state index in [4.69, 9.17) is 5.11 Å². The van der Waals surface area contributed by atoms with E-state index < -0.39 is 24.3 Å². The van der Waals surface area contributed by atoms with Gasteiger partial charge in [0.25, 0.3) is 0 Å². The number of nitrogens with zero attached hydrogens (tertiary/aromatic N) is 1. The number of carbonyl (C=O) groups excluding carboxylic acids is 1. The molecular weight excluding hydrogens is 390 g/mol. The average molecular weight is 413 g/mol. The van der Waals surface area contributed by atoms with Crippen molar-refractivity contribution in [1.82, 2.24) is 4.40 Å². The van der Waals surface area contributed by atoms with Gasteiger partial charge in [0.2, 0.25) is 0 Å². The number of aliphatic carboxylic acids is 1. The van der Waals surface area contributed by atoms with E-state index in [2.05, 4.69) is 34.7 Å². The number of benzene rings is 2. The maximum atomic E-state index is 11.7.